The van der Waals surface area contributed by atoms with Crippen LogP contribution in [-0.2, 0) is 20.4 Å². The molecule has 1 fully saturated rings. The first-order valence-corrected chi connectivity index (χ1v) is 14.7. The number of carbonyl (C=O) groups excluding carboxylic acids is 2. The van der Waals surface area contributed by atoms with Crippen molar-refractivity contribution in [3.8, 4) is 0 Å². The minimum Gasteiger partial charge on any atom is -0.447 e. The van der Waals surface area contributed by atoms with E-state index in [0.29, 0.717) is 6.42 Å². The van der Waals surface area contributed by atoms with Crippen LogP contribution in [0.15, 0.2) is 60.7 Å². The molecule has 3 rings (SSSR count). The molecule has 2 aromatic carbocycles. The number of ether oxygens (including phenoxy) is 1. The van der Waals surface area contributed by atoms with Crippen LogP contribution in [0.4, 0.5) is 4.79 Å². The van der Waals surface area contributed by atoms with Gasteiger partial charge in [-0.25, -0.2) is 9.69 Å². The van der Waals surface area contributed by atoms with Crippen molar-refractivity contribution in [2.75, 3.05) is 6.61 Å². The van der Waals surface area contributed by atoms with E-state index in [9.17, 15) is 9.59 Å². The lowest BCUT2D eigenvalue weighted by Gasteiger charge is -2.40. The van der Waals surface area contributed by atoms with Crippen molar-refractivity contribution in [2.45, 2.75) is 62.3 Å². The van der Waals surface area contributed by atoms with Crippen molar-refractivity contribution in [1.82, 2.24) is 4.90 Å². The summed E-state index contributed by atoms with van der Waals surface area (Å²) in [5.74, 6) is -0.332. The van der Waals surface area contributed by atoms with E-state index >= 15 is 0 Å². The molecule has 2 amide bonds. The van der Waals surface area contributed by atoms with E-state index in [1.807, 2.05) is 60.7 Å². The lowest BCUT2D eigenvalue weighted by molar-refractivity contribution is -0.130. The second-order valence-electron chi connectivity index (χ2n) is 9.74. The van der Waals surface area contributed by atoms with Gasteiger partial charge in [0, 0.05) is 0 Å². The second-order valence-corrected chi connectivity index (χ2v) is 15.5. The van der Waals surface area contributed by atoms with Crippen molar-refractivity contribution in [3.63, 3.8) is 0 Å². The maximum atomic E-state index is 13.6. The van der Waals surface area contributed by atoms with Crippen LogP contribution in [-0.4, -0.2) is 42.7 Å². The number of benzene rings is 2. The van der Waals surface area contributed by atoms with Crippen LogP contribution in [0.2, 0.25) is 18.1 Å². The maximum absolute atomic E-state index is 13.6. The first-order chi connectivity index (χ1) is 15.0. The van der Waals surface area contributed by atoms with Gasteiger partial charge in [-0.2, -0.15) is 0 Å². The number of hydrogen-bond donors (Lipinski definition) is 0. The standard InChI is InChI=1S/C25H32BrNO4Si/c1-25(2,3)32(4,5)31-22(19-14-10-7-11-15-19)21(26)23(28)27-20(17-30-24(27)29)16-18-12-8-6-9-13-18/h6-15,20-22H,16-17H2,1-5H3/t20-,21+,22-/m0/s1. The van der Waals surface area contributed by atoms with Gasteiger partial charge in [0.1, 0.15) is 11.4 Å². The van der Waals surface area contributed by atoms with Crippen molar-refractivity contribution in [3.05, 3.63) is 71.8 Å². The number of halogens is 1. The van der Waals surface area contributed by atoms with Gasteiger partial charge in [-0.1, -0.05) is 97.4 Å². The fourth-order valence-corrected chi connectivity index (χ4v) is 5.56. The minimum absolute atomic E-state index is 0.0295. The maximum Gasteiger partial charge on any atom is 0.417 e. The molecule has 0 unspecified atom stereocenters. The van der Waals surface area contributed by atoms with Gasteiger partial charge < -0.3 is 9.16 Å². The number of amides is 2. The summed E-state index contributed by atoms with van der Waals surface area (Å²) in [6.45, 7) is 11.0. The summed E-state index contributed by atoms with van der Waals surface area (Å²) >= 11 is 3.61. The van der Waals surface area contributed by atoms with Crippen molar-refractivity contribution < 1.29 is 18.8 Å². The van der Waals surface area contributed by atoms with Crippen LogP contribution in [0.5, 0.6) is 0 Å². The average Bonchev–Trinajstić information content (AvgIpc) is 3.11. The van der Waals surface area contributed by atoms with Crippen LogP contribution >= 0.6 is 15.9 Å². The highest BCUT2D eigenvalue weighted by Crippen LogP contribution is 2.42. The highest BCUT2D eigenvalue weighted by Gasteiger charge is 2.46. The van der Waals surface area contributed by atoms with E-state index in [1.165, 1.54) is 4.90 Å². The Morgan fingerprint density at radius 2 is 1.69 bits per heavy atom. The quantitative estimate of drug-likeness (QED) is 0.328. The summed E-state index contributed by atoms with van der Waals surface area (Å²) in [4.78, 5) is 26.7. The largest absolute Gasteiger partial charge is 0.447 e. The monoisotopic (exact) mass is 517 g/mol. The molecule has 1 aliphatic rings. The van der Waals surface area contributed by atoms with Crippen LogP contribution in [0.1, 0.15) is 38.0 Å². The van der Waals surface area contributed by atoms with Gasteiger partial charge in [0.05, 0.1) is 12.1 Å². The van der Waals surface area contributed by atoms with Gasteiger partial charge in [-0.15, -0.1) is 0 Å². The third-order valence-electron chi connectivity index (χ3n) is 6.37. The van der Waals surface area contributed by atoms with Crippen molar-refractivity contribution in [2.24, 2.45) is 0 Å². The molecule has 32 heavy (non-hydrogen) atoms. The lowest BCUT2D eigenvalue weighted by Crippen LogP contribution is -2.49. The normalized spacial score (nSPS) is 18.9. The predicted octanol–water partition coefficient (Wildman–Crippen LogP) is 6.10. The molecule has 1 heterocycles. The van der Waals surface area contributed by atoms with E-state index in [4.69, 9.17) is 9.16 Å². The van der Waals surface area contributed by atoms with Gasteiger partial charge in [0.2, 0.25) is 5.91 Å². The summed E-state index contributed by atoms with van der Waals surface area (Å²) in [5, 5.41) is -0.0295. The van der Waals surface area contributed by atoms with Gasteiger partial charge in [0.15, 0.2) is 8.32 Å². The zero-order valence-electron chi connectivity index (χ0n) is 19.4. The zero-order valence-corrected chi connectivity index (χ0v) is 22.0. The molecule has 0 radical (unpaired) electrons. The molecule has 0 saturated carbocycles. The minimum atomic E-state index is -2.21. The molecule has 0 aromatic heterocycles. The molecular formula is C25H32BrNO4Si. The topological polar surface area (TPSA) is 55.8 Å². The van der Waals surface area contributed by atoms with Gasteiger partial charge in [0.25, 0.3) is 0 Å². The molecule has 0 bridgehead atoms. The number of alkyl halides is 1. The predicted molar refractivity (Wildman–Crippen MR) is 132 cm³/mol. The summed E-state index contributed by atoms with van der Waals surface area (Å²) in [7, 11) is -2.21. The number of imide groups is 1. The number of hydrogen-bond acceptors (Lipinski definition) is 4. The zero-order chi connectivity index (χ0) is 23.5. The Morgan fingerprint density at radius 1 is 1.12 bits per heavy atom. The first-order valence-electron chi connectivity index (χ1n) is 10.9. The molecule has 172 valence electrons. The lowest BCUT2D eigenvalue weighted by atomic mass is 10.0. The number of carbonyl (C=O) groups is 2. The second kappa shape index (κ2) is 9.89. The fourth-order valence-electron chi connectivity index (χ4n) is 3.46. The summed E-state index contributed by atoms with van der Waals surface area (Å²) < 4.78 is 12.0. The fraction of sp³-hybridized carbons (Fsp3) is 0.440. The number of rotatable bonds is 7. The number of cyclic esters (lactones) is 1. The van der Waals surface area contributed by atoms with Crippen LogP contribution in [0.25, 0.3) is 0 Å². The Labute approximate surface area is 200 Å². The highest BCUT2D eigenvalue weighted by molar-refractivity contribution is 9.10. The summed E-state index contributed by atoms with van der Waals surface area (Å²) in [6.07, 6.45) is -0.563. The Balaban J connectivity index is 1.88. The molecule has 0 spiro atoms. The summed E-state index contributed by atoms with van der Waals surface area (Å²) in [5.41, 5.74) is 1.96. The smallest absolute Gasteiger partial charge is 0.417 e. The Hall–Kier alpha value is -1.96. The Morgan fingerprint density at radius 3 is 2.25 bits per heavy atom. The molecule has 7 heteroatoms. The molecule has 2 aromatic rings. The third kappa shape index (κ3) is 5.50. The van der Waals surface area contributed by atoms with E-state index in [1.54, 1.807) is 0 Å². The number of nitrogens with zero attached hydrogens (tertiary/aromatic N) is 1. The Kier molecular flexibility index (Phi) is 7.63. The highest BCUT2D eigenvalue weighted by atomic mass is 79.9. The van der Waals surface area contributed by atoms with E-state index < -0.39 is 25.3 Å². The molecule has 1 saturated heterocycles. The van der Waals surface area contributed by atoms with Crippen LogP contribution in [0.3, 0.4) is 0 Å². The van der Waals surface area contributed by atoms with E-state index in [0.717, 1.165) is 11.1 Å². The Bertz CT molecular complexity index is 930. The van der Waals surface area contributed by atoms with Crippen LogP contribution < -0.4 is 0 Å². The van der Waals surface area contributed by atoms with Gasteiger partial charge in [-0.3, -0.25) is 4.79 Å². The molecular weight excluding hydrogens is 486 g/mol. The average molecular weight is 519 g/mol. The molecule has 0 N–H and O–H groups in total. The first kappa shape index (κ1) is 24.7. The van der Waals surface area contributed by atoms with Crippen molar-refractivity contribution in [1.29, 1.82) is 0 Å². The molecule has 5 nitrogen and oxygen atoms in total. The van der Waals surface area contributed by atoms with E-state index in [2.05, 4.69) is 49.8 Å². The van der Waals surface area contributed by atoms with E-state index in [-0.39, 0.29) is 23.6 Å². The van der Waals surface area contributed by atoms with Crippen molar-refractivity contribution >= 4 is 36.2 Å². The van der Waals surface area contributed by atoms with Gasteiger partial charge >= 0.3 is 6.09 Å². The molecule has 3 atom stereocenters. The summed E-state index contributed by atoms with van der Waals surface area (Å²) in [6, 6.07) is 19.2. The molecule has 0 aliphatic carbocycles. The van der Waals surface area contributed by atoms with Crippen LogP contribution in [0, 0.1) is 0 Å². The van der Waals surface area contributed by atoms with Gasteiger partial charge in [-0.05, 0) is 35.7 Å². The third-order valence-corrected chi connectivity index (χ3v) is 11.7. The molecule has 1 aliphatic heterocycles. The SMILES string of the molecule is CC(C)(C)[Si](C)(C)O[C@@H](c1ccccc1)[C@@H](Br)C(=O)N1C(=O)OC[C@@H]1Cc1ccccc1.